The van der Waals surface area contributed by atoms with E-state index in [0.29, 0.717) is 0 Å². The first-order valence-electron chi connectivity index (χ1n) is 5.34. The van der Waals surface area contributed by atoms with Crippen LogP contribution in [0.2, 0.25) is 0 Å². The van der Waals surface area contributed by atoms with Crippen LogP contribution in [0.1, 0.15) is 12.0 Å². The molecular weight excluding hydrogens is 302 g/mol. The fourth-order valence-corrected chi connectivity index (χ4v) is 1.84. The Balaban J connectivity index is 2.69. The highest BCUT2D eigenvalue weighted by Crippen LogP contribution is 2.21. The number of carbonyl (C=O) groups is 2. The number of carboxylic acid groups (broad SMARTS) is 2. The van der Waals surface area contributed by atoms with Crippen molar-refractivity contribution in [2.24, 2.45) is 5.92 Å². The Hall–Kier alpha value is -1.56. The van der Waals surface area contributed by atoms with Gasteiger partial charge in [0.25, 0.3) is 0 Å². The van der Waals surface area contributed by atoms with Crippen LogP contribution >= 0.6 is 15.9 Å². The van der Waals surface area contributed by atoms with Crippen LogP contribution in [0.5, 0.6) is 0 Å². The number of benzene rings is 1. The van der Waals surface area contributed by atoms with Crippen molar-refractivity contribution in [1.29, 1.82) is 0 Å². The summed E-state index contributed by atoms with van der Waals surface area (Å²) in [7, 11) is 0. The van der Waals surface area contributed by atoms with E-state index in [1.165, 1.54) is 0 Å². The maximum atomic E-state index is 10.9. The highest BCUT2D eigenvalue weighted by atomic mass is 79.9. The van der Waals surface area contributed by atoms with Crippen molar-refractivity contribution in [3.8, 4) is 0 Å². The molecular formula is C12H14BrNO4. The molecule has 0 aliphatic rings. The van der Waals surface area contributed by atoms with E-state index in [-0.39, 0.29) is 6.54 Å². The number of aliphatic carboxylic acids is 2. The minimum absolute atomic E-state index is 0.0823. The van der Waals surface area contributed by atoms with Crippen molar-refractivity contribution < 1.29 is 19.8 Å². The Morgan fingerprint density at radius 3 is 2.61 bits per heavy atom. The fraction of sp³-hybridized carbons (Fsp3) is 0.333. The van der Waals surface area contributed by atoms with Gasteiger partial charge >= 0.3 is 11.9 Å². The van der Waals surface area contributed by atoms with E-state index in [1.54, 1.807) is 0 Å². The van der Waals surface area contributed by atoms with Crippen LogP contribution in [0.3, 0.4) is 0 Å². The topological polar surface area (TPSA) is 86.6 Å². The quantitative estimate of drug-likeness (QED) is 0.750. The number of hydrogen-bond acceptors (Lipinski definition) is 3. The Morgan fingerprint density at radius 2 is 2.06 bits per heavy atom. The van der Waals surface area contributed by atoms with E-state index in [9.17, 15) is 9.59 Å². The predicted molar refractivity (Wildman–Crippen MR) is 70.7 cm³/mol. The second-order valence-electron chi connectivity index (χ2n) is 3.97. The van der Waals surface area contributed by atoms with Gasteiger partial charge in [0.05, 0.1) is 12.3 Å². The number of anilines is 1. The van der Waals surface area contributed by atoms with Gasteiger partial charge in [0.2, 0.25) is 0 Å². The van der Waals surface area contributed by atoms with Gasteiger partial charge in [-0.05, 0) is 24.6 Å². The SMILES string of the molecule is Cc1ccc(Br)cc1NCC(CC(=O)O)C(=O)O. The molecule has 0 aromatic heterocycles. The van der Waals surface area contributed by atoms with E-state index < -0.39 is 24.3 Å². The van der Waals surface area contributed by atoms with Crippen molar-refractivity contribution in [3.63, 3.8) is 0 Å². The summed E-state index contributed by atoms with van der Waals surface area (Å²) < 4.78 is 0.876. The van der Waals surface area contributed by atoms with E-state index in [1.807, 2.05) is 25.1 Å². The molecule has 1 atom stereocenters. The predicted octanol–water partition coefficient (Wildman–Crippen LogP) is 2.34. The van der Waals surface area contributed by atoms with Crippen LogP contribution in [0.4, 0.5) is 5.69 Å². The van der Waals surface area contributed by atoms with Gasteiger partial charge in [0, 0.05) is 16.7 Å². The number of hydrogen-bond donors (Lipinski definition) is 3. The Kier molecular flexibility index (Phi) is 5.15. The third kappa shape index (κ3) is 4.37. The molecule has 0 aliphatic carbocycles. The summed E-state index contributed by atoms with van der Waals surface area (Å²) in [6.07, 6.45) is -0.393. The molecule has 0 bridgehead atoms. The van der Waals surface area contributed by atoms with Crippen molar-refractivity contribution in [2.45, 2.75) is 13.3 Å². The highest BCUT2D eigenvalue weighted by Gasteiger charge is 2.20. The highest BCUT2D eigenvalue weighted by molar-refractivity contribution is 9.10. The third-order valence-corrected chi connectivity index (χ3v) is 3.00. The molecule has 0 radical (unpaired) electrons. The molecule has 98 valence electrons. The van der Waals surface area contributed by atoms with E-state index in [2.05, 4.69) is 21.2 Å². The molecule has 1 unspecified atom stereocenters. The number of halogens is 1. The van der Waals surface area contributed by atoms with Crippen molar-refractivity contribution >= 4 is 33.6 Å². The molecule has 1 aromatic rings. The first-order valence-corrected chi connectivity index (χ1v) is 6.14. The Bertz CT molecular complexity index is 461. The lowest BCUT2D eigenvalue weighted by molar-refractivity contribution is -0.147. The van der Waals surface area contributed by atoms with E-state index in [0.717, 1.165) is 15.7 Å². The van der Waals surface area contributed by atoms with Crippen LogP contribution in [0.25, 0.3) is 0 Å². The molecule has 0 aliphatic heterocycles. The molecule has 0 fully saturated rings. The monoisotopic (exact) mass is 315 g/mol. The minimum Gasteiger partial charge on any atom is -0.481 e. The lowest BCUT2D eigenvalue weighted by Gasteiger charge is -2.14. The van der Waals surface area contributed by atoms with Gasteiger partial charge in [-0.3, -0.25) is 9.59 Å². The minimum atomic E-state index is -1.12. The van der Waals surface area contributed by atoms with Crippen LogP contribution in [0, 0.1) is 12.8 Å². The van der Waals surface area contributed by atoms with Crippen LogP contribution < -0.4 is 5.32 Å². The van der Waals surface area contributed by atoms with Gasteiger partial charge in [-0.2, -0.15) is 0 Å². The molecule has 5 nitrogen and oxygen atoms in total. The molecule has 18 heavy (non-hydrogen) atoms. The van der Waals surface area contributed by atoms with E-state index >= 15 is 0 Å². The third-order valence-electron chi connectivity index (χ3n) is 2.51. The van der Waals surface area contributed by atoms with Gasteiger partial charge in [-0.15, -0.1) is 0 Å². The van der Waals surface area contributed by atoms with Gasteiger partial charge in [-0.25, -0.2) is 0 Å². The summed E-state index contributed by atoms with van der Waals surface area (Å²) in [6, 6.07) is 5.60. The zero-order valence-corrected chi connectivity index (χ0v) is 11.4. The molecule has 0 amide bonds. The first kappa shape index (κ1) is 14.5. The number of aryl methyl sites for hydroxylation is 1. The molecule has 6 heteroatoms. The summed E-state index contributed by atoms with van der Waals surface area (Å²) in [5, 5.41) is 20.5. The summed E-state index contributed by atoms with van der Waals surface area (Å²) in [5.41, 5.74) is 1.76. The van der Waals surface area contributed by atoms with Crippen molar-refractivity contribution in [2.75, 3.05) is 11.9 Å². The zero-order valence-electron chi connectivity index (χ0n) is 9.81. The number of nitrogens with one attached hydrogen (secondary N) is 1. The molecule has 0 heterocycles. The zero-order chi connectivity index (χ0) is 13.7. The van der Waals surface area contributed by atoms with Crippen molar-refractivity contribution in [3.05, 3.63) is 28.2 Å². The molecule has 1 aromatic carbocycles. The van der Waals surface area contributed by atoms with Gasteiger partial charge in [0.15, 0.2) is 0 Å². The van der Waals surface area contributed by atoms with Crippen LogP contribution in [-0.4, -0.2) is 28.7 Å². The van der Waals surface area contributed by atoms with Gasteiger partial charge in [0.1, 0.15) is 0 Å². The largest absolute Gasteiger partial charge is 0.481 e. The molecule has 3 N–H and O–H groups in total. The summed E-state index contributed by atoms with van der Waals surface area (Å²) in [5.74, 6) is -3.17. The maximum Gasteiger partial charge on any atom is 0.308 e. The first-order chi connectivity index (χ1) is 8.40. The summed E-state index contributed by atoms with van der Waals surface area (Å²) >= 11 is 3.32. The standard InChI is InChI=1S/C12H14BrNO4/c1-7-2-3-9(13)5-10(7)14-6-8(12(17)18)4-11(15)16/h2-3,5,8,14H,4,6H2,1H3,(H,15,16)(H,17,18). The second kappa shape index (κ2) is 6.39. The lowest BCUT2D eigenvalue weighted by Crippen LogP contribution is -2.25. The summed E-state index contributed by atoms with van der Waals surface area (Å²) in [6.45, 7) is 1.97. The fourth-order valence-electron chi connectivity index (χ4n) is 1.48. The normalized spacial score (nSPS) is 11.9. The smallest absolute Gasteiger partial charge is 0.308 e. The maximum absolute atomic E-state index is 10.9. The summed E-state index contributed by atoms with van der Waals surface area (Å²) in [4.78, 5) is 21.4. The molecule has 1 rings (SSSR count). The Labute approximate surface area is 113 Å². The Morgan fingerprint density at radius 1 is 1.39 bits per heavy atom. The number of carboxylic acids is 2. The van der Waals surface area contributed by atoms with Crippen LogP contribution in [0.15, 0.2) is 22.7 Å². The second-order valence-corrected chi connectivity index (χ2v) is 4.89. The van der Waals surface area contributed by atoms with Crippen LogP contribution in [-0.2, 0) is 9.59 Å². The molecule has 0 saturated carbocycles. The average molecular weight is 316 g/mol. The molecule has 0 saturated heterocycles. The molecule has 0 spiro atoms. The van der Waals surface area contributed by atoms with Gasteiger partial charge < -0.3 is 15.5 Å². The van der Waals surface area contributed by atoms with Crippen molar-refractivity contribution in [1.82, 2.24) is 0 Å². The lowest BCUT2D eigenvalue weighted by atomic mass is 10.1. The number of rotatable bonds is 6. The average Bonchev–Trinajstić information content (AvgIpc) is 2.27. The van der Waals surface area contributed by atoms with Gasteiger partial charge in [-0.1, -0.05) is 22.0 Å². The van der Waals surface area contributed by atoms with E-state index in [4.69, 9.17) is 10.2 Å².